The van der Waals surface area contributed by atoms with Crippen molar-refractivity contribution in [1.29, 1.82) is 15.8 Å². The average Bonchev–Trinajstić information content (AvgIpc) is 3.12. The van der Waals surface area contributed by atoms with Gasteiger partial charge in [-0.3, -0.25) is 4.79 Å². The predicted octanol–water partition coefficient (Wildman–Crippen LogP) is 2.30. The van der Waals surface area contributed by atoms with Gasteiger partial charge in [0.2, 0.25) is 0 Å². The summed E-state index contributed by atoms with van der Waals surface area (Å²) in [6, 6.07) is 5.85. The van der Waals surface area contributed by atoms with Crippen LogP contribution in [0.15, 0.2) is 0 Å². The van der Waals surface area contributed by atoms with Crippen molar-refractivity contribution >= 4 is 5.97 Å². The molecule has 0 aromatic rings. The van der Waals surface area contributed by atoms with Crippen LogP contribution < -0.4 is 0 Å². The summed E-state index contributed by atoms with van der Waals surface area (Å²) in [5.41, 5.74) is -3.12. The van der Waals surface area contributed by atoms with E-state index in [-0.39, 0.29) is 12.5 Å². The molecule has 104 valence electrons. The fourth-order valence-corrected chi connectivity index (χ4v) is 3.75. The second-order valence-electron chi connectivity index (χ2n) is 5.55. The molecule has 5 heteroatoms. The lowest BCUT2D eigenvalue weighted by atomic mass is 9.82. The molecule has 0 unspecified atom stereocenters. The van der Waals surface area contributed by atoms with Gasteiger partial charge in [-0.2, -0.15) is 15.8 Å². The highest BCUT2D eigenvalue weighted by atomic mass is 16.5. The summed E-state index contributed by atoms with van der Waals surface area (Å²) in [4.78, 5) is 12.2. The molecule has 5 nitrogen and oxygen atoms in total. The lowest BCUT2D eigenvalue weighted by Crippen LogP contribution is -2.25. The van der Waals surface area contributed by atoms with E-state index >= 15 is 0 Å². The Labute approximate surface area is 118 Å². The van der Waals surface area contributed by atoms with Gasteiger partial charge in [0.1, 0.15) is 0 Å². The Morgan fingerprint density at radius 2 is 1.75 bits per heavy atom. The van der Waals surface area contributed by atoms with E-state index in [0.29, 0.717) is 0 Å². The first kappa shape index (κ1) is 14.4. The molecular formula is C15H17N3O2. The number of hydrogen-bond acceptors (Lipinski definition) is 5. The summed E-state index contributed by atoms with van der Waals surface area (Å²) in [7, 11) is 0. The number of carbonyl (C=O) groups excluding carboxylic acids is 1. The van der Waals surface area contributed by atoms with E-state index in [1.807, 2.05) is 18.2 Å². The molecule has 2 aliphatic rings. The van der Waals surface area contributed by atoms with Crippen LogP contribution in [0.4, 0.5) is 0 Å². The van der Waals surface area contributed by atoms with Crippen molar-refractivity contribution in [3.63, 3.8) is 0 Å². The summed E-state index contributed by atoms with van der Waals surface area (Å²) < 4.78 is 4.98. The third kappa shape index (κ3) is 1.61. The largest absolute Gasteiger partial charge is 0.465 e. The van der Waals surface area contributed by atoms with Crippen LogP contribution >= 0.6 is 0 Å². The Bertz CT molecular complexity index is 517. The maximum atomic E-state index is 12.2. The highest BCUT2D eigenvalue weighted by Crippen LogP contribution is 2.73. The van der Waals surface area contributed by atoms with E-state index in [9.17, 15) is 20.6 Å². The summed E-state index contributed by atoms with van der Waals surface area (Å²) >= 11 is 0. The van der Waals surface area contributed by atoms with Crippen LogP contribution in [-0.2, 0) is 9.53 Å². The van der Waals surface area contributed by atoms with Gasteiger partial charge in [0.25, 0.3) is 0 Å². The van der Waals surface area contributed by atoms with E-state index in [0.717, 1.165) is 32.1 Å². The van der Waals surface area contributed by atoms with Crippen molar-refractivity contribution < 1.29 is 9.53 Å². The van der Waals surface area contributed by atoms with Crippen molar-refractivity contribution in [1.82, 2.24) is 0 Å². The van der Waals surface area contributed by atoms with E-state index in [1.54, 1.807) is 6.92 Å². The van der Waals surface area contributed by atoms with E-state index < -0.39 is 22.7 Å². The van der Waals surface area contributed by atoms with Gasteiger partial charge in [-0.05, 0) is 12.8 Å². The Morgan fingerprint density at radius 1 is 1.15 bits per heavy atom. The molecular weight excluding hydrogens is 254 g/mol. The Morgan fingerprint density at radius 3 is 2.20 bits per heavy atom. The summed E-state index contributed by atoms with van der Waals surface area (Å²) in [5.74, 6) is -1.12. The lowest BCUT2D eigenvalue weighted by molar-refractivity contribution is -0.148. The van der Waals surface area contributed by atoms with Crippen LogP contribution in [0.25, 0.3) is 0 Å². The second-order valence-corrected chi connectivity index (χ2v) is 5.55. The third-order valence-corrected chi connectivity index (χ3v) is 4.72. The minimum atomic E-state index is -1.59. The highest BCUT2D eigenvalue weighted by Gasteiger charge is 2.86. The van der Waals surface area contributed by atoms with Crippen LogP contribution in [0.2, 0.25) is 0 Å². The molecule has 0 spiro atoms. The number of hydrogen-bond donors (Lipinski definition) is 0. The minimum Gasteiger partial charge on any atom is -0.465 e. The molecule has 2 fully saturated rings. The van der Waals surface area contributed by atoms with Crippen molar-refractivity contribution in [2.24, 2.45) is 22.7 Å². The van der Waals surface area contributed by atoms with Crippen molar-refractivity contribution in [3.05, 3.63) is 0 Å². The smallest absolute Gasteiger partial charge is 0.329 e. The van der Waals surface area contributed by atoms with Gasteiger partial charge in [0.05, 0.1) is 24.8 Å². The summed E-state index contributed by atoms with van der Waals surface area (Å²) in [6.45, 7) is 1.80. The Kier molecular flexibility index (Phi) is 3.69. The molecule has 2 saturated carbocycles. The molecule has 0 heterocycles. The normalized spacial score (nSPS) is 31.4. The van der Waals surface area contributed by atoms with Gasteiger partial charge in [-0.15, -0.1) is 0 Å². The number of nitriles is 3. The zero-order valence-corrected chi connectivity index (χ0v) is 11.6. The van der Waals surface area contributed by atoms with E-state index in [1.165, 1.54) is 0 Å². The monoisotopic (exact) mass is 271 g/mol. The van der Waals surface area contributed by atoms with Crippen molar-refractivity contribution in [2.75, 3.05) is 6.61 Å². The first-order valence-corrected chi connectivity index (χ1v) is 7.05. The summed E-state index contributed by atoms with van der Waals surface area (Å²) in [6.07, 6.45) is 4.93. The number of carbonyl (C=O) groups is 1. The van der Waals surface area contributed by atoms with Crippen molar-refractivity contribution in [2.45, 2.75) is 39.0 Å². The SMILES string of the molecule is CCOC(=O)[C@@]1(C#N)[C@H](C2CCCCC2)C1(C#N)C#N. The molecule has 0 aromatic carbocycles. The van der Waals surface area contributed by atoms with Crippen LogP contribution in [0.3, 0.4) is 0 Å². The lowest BCUT2D eigenvalue weighted by Gasteiger charge is -2.22. The fourth-order valence-electron chi connectivity index (χ4n) is 3.75. The molecule has 20 heavy (non-hydrogen) atoms. The van der Waals surface area contributed by atoms with Crippen LogP contribution in [0.1, 0.15) is 39.0 Å². The quantitative estimate of drug-likeness (QED) is 0.733. The molecule has 2 aliphatic carbocycles. The Balaban J connectivity index is 2.39. The Hall–Kier alpha value is -2.06. The van der Waals surface area contributed by atoms with Gasteiger partial charge in [-0.1, -0.05) is 32.1 Å². The second kappa shape index (κ2) is 5.14. The number of nitrogens with zero attached hydrogens (tertiary/aromatic N) is 3. The fraction of sp³-hybridized carbons (Fsp3) is 0.733. The zero-order chi connectivity index (χ0) is 14.8. The van der Waals surface area contributed by atoms with Gasteiger partial charge in [-0.25, -0.2) is 0 Å². The zero-order valence-electron chi connectivity index (χ0n) is 11.6. The van der Waals surface area contributed by atoms with E-state index in [4.69, 9.17) is 4.74 Å². The number of esters is 1. The molecule has 0 amide bonds. The standard InChI is InChI=1S/C15H17N3O2/c1-2-20-13(19)15(10-18)12(14(15,8-16)9-17)11-6-4-3-5-7-11/h11-12H,2-7H2,1H3/t12-,15-/m1/s1. The van der Waals surface area contributed by atoms with Gasteiger partial charge in [0.15, 0.2) is 10.8 Å². The molecule has 2 rings (SSSR count). The first-order valence-electron chi connectivity index (χ1n) is 7.05. The van der Waals surface area contributed by atoms with Crippen molar-refractivity contribution in [3.8, 4) is 18.2 Å². The predicted molar refractivity (Wildman–Crippen MR) is 68.4 cm³/mol. The summed E-state index contributed by atoms with van der Waals surface area (Å²) in [5, 5.41) is 28.3. The van der Waals surface area contributed by atoms with Crippen LogP contribution in [0.5, 0.6) is 0 Å². The first-order chi connectivity index (χ1) is 9.64. The molecule has 0 bridgehead atoms. The van der Waals surface area contributed by atoms with Gasteiger partial charge >= 0.3 is 5.97 Å². The van der Waals surface area contributed by atoms with Gasteiger partial charge in [0, 0.05) is 5.92 Å². The number of rotatable bonds is 3. The van der Waals surface area contributed by atoms with Crippen LogP contribution in [0, 0.1) is 56.7 Å². The maximum absolute atomic E-state index is 12.2. The molecule has 0 saturated heterocycles. The molecule has 2 atom stereocenters. The highest BCUT2D eigenvalue weighted by molar-refractivity contribution is 5.89. The molecule has 0 aromatic heterocycles. The topological polar surface area (TPSA) is 97.7 Å². The van der Waals surface area contributed by atoms with Crippen LogP contribution in [-0.4, -0.2) is 12.6 Å². The molecule has 0 aliphatic heterocycles. The molecule has 0 radical (unpaired) electrons. The van der Waals surface area contributed by atoms with E-state index in [2.05, 4.69) is 0 Å². The minimum absolute atomic E-state index is 0.0899. The average molecular weight is 271 g/mol. The number of ether oxygens (including phenoxy) is 1. The van der Waals surface area contributed by atoms with Gasteiger partial charge < -0.3 is 4.74 Å². The molecule has 0 N–H and O–H groups in total. The maximum Gasteiger partial charge on any atom is 0.329 e. The third-order valence-electron chi connectivity index (χ3n) is 4.72.